The number of nitrogens with zero attached hydrogens (tertiary/aromatic N) is 1. The predicted molar refractivity (Wildman–Crippen MR) is 74.5 cm³/mol. The molecule has 18 heavy (non-hydrogen) atoms. The van der Waals surface area contributed by atoms with Gasteiger partial charge in [-0.3, -0.25) is 4.79 Å². The molecule has 1 aromatic heterocycles. The lowest BCUT2D eigenvalue weighted by Crippen LogP contribution is -2.05. The lowest BCUT2D eigenvalue weighted by Gasteiger charge is -2.11. The highest BCUT2D eigenvalue weighted by Gasteiger charge is 2.13. The molecule has 94 valence electrons. The second kappa shape index (κ2) is 4.99. The van der Waals surface area contributed by atoms with Crippen LogP contribution in [0.3, 0.4) is 0 Å². The van der Waals surface area contributed by atoms with E-state index < -0.39 is 0 Å². The minimum absolute atomic E-state index is 0.105. The van der Waals surface area contributed by atoms with Gasteiger partial charge in [0.15, 0.2) is 5.78 Å². The summed E-state index contributed by atoms with van der Waals surface area (Å²) in [6.07, 6.45) is 0. The second-order valence-corrected chi connectivity index (χ2v) is 4.93. The molecule has 0 spiro atoms. The molecule has 1 heterocycles. The zero-order chi connectivity index (χ0) is 13.3. The highest BCUT2D eigenvalue weighted by atomic mass is 35.5. The van der Waals surface area contributed by atoms with Gasteiger partial charge in [-0.05, 0) is 38.5 Å². The van der Waals surface area contributed by atoms with E-state index >= 15 is 0 Å². The Morgan fingerprint density at radius 3 is 2.50 bits per heavy atom. The van der Waals surface area contributed by atoms with Crippen molar-refractivity contribution in [1.29, 1.82) is 0 Å². The molecule has 0 fully saturated rings. The van der Waals surface area contributed by atoms with Gasteiger partial charge in [-0.25, -0.2) is 0 Å². The largest absolute Gasteiger partial charge is 0.344 e. The molecule has 0 atom stereocenters. The van der Waals surface area contributed by atoms with E-state index in [1.165, 1.54) is 0 Å². The van der Waals surface area contributed by atoms with E-state index in [1.807, 2.05) is 44.2 Å². The maximum Gasteiger partial charge on any atom is 0.161 e. The Hall–Kier alpha value is -1.54. The summed E-state index contributed by atoms with van der Waals surface area (Å²) in [4.78, 5) is 11.5. The monoisotopic (exact) mass is 261 g/mol. The van der Waals surface area contributed by atoms with E-state index in [4.69, 9.17) is 11.6 Å². The van der Waals surface area contributed by atoms with Crippen LogP contribution in [0.15, 0.2) is 30.3 Å². The zero-order valence-electron chi connectivity index (χ0n) is 10.8. The molecule has 2 rings (SSSR count). The van der Waals surface area contributed by atoms with Crippen LogP contribution in [0.25, 0.3) is 0 Å². The first-order chi connectivity index (χ1) is 8.50. The van der Waals surface area contributed by atoms with Gasteiger partial charge in [0.25, 0.3) is 0 Å². The van der Waals surface area contributed by atoms with Crippen molar-refractivity contribution in [3.05, 3.63) is 57.9 Å². The summed E-state index contributed by atoms with van der Waals surface area (Å²) < 4.78 is 2.12. The molecule has 0 radical (unpaired) electrons. The Balaban J connectivity index is 2.41. The summed E-state index contributed by atoms with van der Waals surface area (Å²) in [5.74, 6) is 0.105. The fourth-order valence-corrected chi connectivity index (χ4v) is 2.39. The van der Waals surface area contributed by atoms with Gasteiger partial charge < -0.3 is 4.57 Å². The van der Waals surface area contributed by atoms with Crippen LogP contribution < -0.4 is 0 Å². The van der Waals surface area contributed by atoms with Crippen molar-refractivity contribution in [2.75, 3.05) is 0 Å². The number of rotatable bonds is 3. The maximum atomic E-state index is 11.5. The second-order valence-electron chi connectivity index (χ2n) is 4.52. The standard InChI is InChI=1S/C15H16ClNO/c1-10-8-14(12(3)18)11(2)17(10)9-13-6-4-5-7-15(13)16/h4-8H,9H2,1-3H3. The van der Waals surface area contributed by atoms with Crippen LogP contribution in [-0.4, -0.2) is 10.4 Å². The average molecular weight is 262 g/mol. The third kappa shape index (κ3) is 2.34. The summed E-state index contributed by atoms with van der Waals surface area (Å²) in [6.45, 7) is 6.28. The molecule has 1 aromatic carbocycles. The summed E-state index contributed by atoms with van der Waals surface area (Å²) >= 11 is 6.17. The summed E-state index contributed by atoms with van der Waals surface area (Å²) in [6, 6.07) is 9.73. The van der Waals surface area contributed by atoms with E-state index in [0.29, 0.717) is 6.54 Å². The number of benzene rings is 1. The molecule has 0 saturated carbocycles. The van der Waals surface area contributed by atoms with Gasteiger partial charge in [0, 0.05) is 28.5 Å². The minimum atomic E-state index is 0.105. The van der Waals surface area contributed by atoms with Crippen molar-refractivity contribution >= 4 is 17.4 Å². The molecule has 0 aliphatic rings. The van der Waals surface area contributed by atoms with Crippen LogP contribution in [0.1, 0.15) is 34.2 Å². The summed E-state index contributed by atoms with van der Waals surface area (Å²) in [5, 5.41) is 0.759. The Morgan fingerprint density at radius 1 is 1.28 bits per heavy atom. The molecular formula is C15H16ClNO. The lowest BCUT2D eigenvalue weighted by atomic mass is 10.2. The normalized spacial score (nSPS) is 10.7. The average Bonchev–Trinajstić information content (AvgIpc) is 2.60. The van der Waals surface area contributed by atoms with Crippen LogP contribution in [0.5, 0.6) is 0 Å². The first-order valence-electron chi connectivity index (χ1n) is 5.91. The van der Waals surface area contributed by atoms with Gasteiger partial charge in [0.1, 0.15) is 0 Å². The van der Waals surface area contributed by atoms with Gasteiger partial charge in [0.2, 0.25) is 0 Å². The molecule has 0 aliphatic carbocycles. The summed E-state index contributed by atoms with van der Waals surface area (Å²) in [7, 11) is 0. The third-order valence-corrected chi connectivity index (χ3v) is 3.61. The van der Waals surface area contributed by atoms with E-state index in [9.17, 15) is 4.79 Å². The van der Waals surface area contributed by atoms with Crippen LogP contribution in [0, 0.1) is 13.8 Å². The number of Topliss-reactive ketones (excluding diaryl/α,β-unsaturated/α-hetero) is 1. The SMILES string of the molecule is CC(=O)c1cc(C)n(Cc2ccccc2Cl)c1C. The number of halogens is 1. The number of hydrogen-bond acceptors (Lipinski definition) is 1. The van der Waals surface area contributed by atoms with E-state index in [-0.39, 0.29) is 5.78 Å². The first-order valence-corrected chi connectivity index (χ1v) is 6.29. The number of ketones is 1. The van der Waals surface area contributed by atoms with Crippen LogP contribution in [0.2, 0.25) is 5.02 Å². The quantitative estimate of drug-likeness (QED) is 0.765. The van der Waals surface area contributed by atoms with Crippen LogP contribution >= 0.6 is 11.6 Å². The first kappa shape index (κ1) is 12.9. The van der Waals surface area contributed by atoms with Gasteiger partial charge in [-0.15, -0.1) is 0 Å². The highest BCUT2D eigenvalue weighted by Crippen LogP contribution is 2.21. The topological polar surface area (TPSA) is 22.0 Å². The van der Waals surface area contributed by atoms with E-state index in [0.717, 1.165) is 27.5 Å². The van der Waals surface area contributed by atoms with Crippen molar-refractivity contribution in [2.45, 2.75) is 27.3 Å². The molecule has 2 nitrogen and oxygen atoms in total. The molecule has 0 N–H and O–H groups in total. The van der Waals surface area contributed by atoms with E-state index in [1.54, 1.807) is 6.92 Å². The zero-order valence-corrected chi connectivity index (χ0v) is 11.6. The molecule has 0 bridgehead atoms. The molecule has 0 aliphatic heterocycles. The smallest absolute Gasteiger partial charge is 0.161 e. The molecule has 0 amide bonds. The number of carbonyl (C=O) groups is 1. The minimum Gasteiger partial charge on any atom is -0.344 e. The van der Waals surface area contributed by atoms with Crippen LogP contribution in [-0.2, 0) is 6.54 Å². The highest BCUT2D eigenvalue weighted by molar-refractivity contribution is 6.31. The fourth-order valence-electron chi connectivity index (χ4n) is 2.20. The van der Waals surface area contributed by atoms with Crippen molar-refractivity contribution in [2.24, 2.45) is 0 Å². The lowest BCUT2D eigenvalue weighted by molar-refractivity contribution is 0.101. The van der Waals surface area contributed by atoms with Gasteiger partial charge in [-0.2, -0.15) is 0 Å². The fraction of sp³-hybridized carbons (Fsp3) is 0.267. The van der Waals surface area contributed by atoms with Gasteiger partial charge >= 0.3 is 0 Å². The number of aryl methyl sites for hydroxylation is 1. The molecule has 3 heteroatoms. The van der Waals surface area contributed by atoms with Gasteiger partial charge in [0.05, 0.1) is 0 Å². The van der Waals surface area contributed by atoms with Crippen LogP contribution in [0.4, 0.5) is 0 Å². The number of hydrogen-bond donors (Lipinski definition) is 0. The molecule has 0 unspecified atom stereocenters. The Labute approximate surface area is 112 Å². The Bertz CT molecular complexity index is 599. The molecule has 0 saturated heterocycles. The number of aromatic nitrogens is 1. The third-order valence-electron chi connectivity index (χ3n) is 3.24. The number of carbonyl (C=O) groups excluding carboxylic acids is 1. The Kier molecular flexibility index (Phi) is 3.58. The van der Waals surface area contributed by atoms with Crippen molar-refractivity contribution in [3.8, 4) is 0 Å². The molecular weight excluding hydrogens is 246 g/mol. The van der Waals surface area contributed by atoms with Crippen molar-refractivity contribution in [3.63, 3.8) is 0 Å². The summed E-state index contributed by atoms with van der Waals surface area (Å²) in [5.41, 5.74) is 3.94. The van der Waals surface area contributed by atoms with E-state index in [2.05, 4.69) is 4.57 Å². The van der Waals surface area contributed by atoms with Crippen molar-refractivity contribution < 1.29 is 4.79 Å². The Morgan fingerprint density at radius 2 is 1.94 bits per heavy atom. The van der Waals surface area contributed by atoms with Gasteiger partial charge in [-0.1, -0.05) is 29.8 Å². The maximum absolute atomic E-state index is 11.5. The van der Waals surface area contributed by atoms with Crippen molar-refractivity contribution in [1.82, 2.24) is 4.57 Å². The molecule has 2 aromatic rings. The predicted octanol–water partition coefficient (Wildman–Crippen LogP) is 4.01.